The van der Waals surface area contributed by atoms with E-state index in [9.17, 15) is 4.79 Å². The molecule has 0 amide bonds. The van der Waals surface area contributed by atoms with Crippen molar-refractivity contribution in [1.29, 1.82) is 0 Å². The van der Waals surface area contributed by atoms with Gasteiger partial charge in [-0.25, -0.2) is 9.48 Å². The summed E-state index contributed by atoms with van der Waals surface area (Å²) in [5.74, 6) is -1.11. The highest BCUT2D eigenvalue weighted by Gasteiger charge is 2.21. The minimum Gasteiger partial charge on any atom is -0.478 e. The van der Waals surface area contributed by atoms with Gasteiger partial charge in [0.2, 0.25) is 0 Å². The van der Waals surface area contributed by atoms with Crippen LogP contribution in [0.2, 0.25) is 10.2 Å². The number of rotatable bonds is 2. The van der Waals surface area contributed by atoms with Crippen LogP contribution in [0.5, 0.6) is 0 Å². The predicted octanol–water partition coefficient (Wildman–Crippen LogP) is 3.19. The molecular formula is C11H8Cl2N2O2. The van der Waals surface area contributed by atoms with Crippen LogP contribution in [0.25, 0.3) is 5.69 Å². The molecule has 0 atom stereocenters. The zero-order valence-electron chi connectivity index (χ0n) is 8.82. The number of carboxylic acids is 1. The van der Waals surface area contributed by atoms with Crippen LogP contribution in [-0.4, -0.2) is 20.9 Å². The maximum absolute atomic E-state index is 11.0. The largest absolute Gasteiger partial charge is 0.478 e. The van der Waals surface area contributed by atoms with Crippen LogP contribution in [0.4, 0.5) is 0 Å². The molecule has 0 radical (unpaired) electrons. The molecule has 2 aromatic rings. The molecule has 0 saturated heterocycles. The first-order valence-corrected chi connectivity index (χ1v) is 5.51. The lowest BCUT2D eigenvalue weighted by Crippen LogP contribution is -1.99. The zero-order valence-corrected chi connectivity index (χ0v) is 10.3. The van der Waals surface area contributed by atoms with Crippen LogP contribution in [0.1, 0.15) is 16.1 Å². The molecular weight excluding hydrogens is 263 g/mol. The van der Waals surface area contributed by atoms with Crippen molar-refractivity contribution in [3.05, 3.63) is 45.7 Å². The molecule has 4 nitrogen and oxygen atoms in total. The molecule has 1 N–H and O–H groups in total. The Bertz CT molecular complexity index is 593. The first-order chi connectivity index (χ1) is 8.02. The average Bonchev–Trinajstić information content (AvgIpc) is 2.55. The lowest BCUT2D eigenvalue weighted by molar-refractivity contribution is 0.0696. The van der Waals surface area contributed by atoms with Gasteiger partial charge < -0.3 is 5.11 Å². The van der Waals surface area contributed by atoms with E-state index in [-0.39, 0.29) is 10.7 Å². The SMILES string of the molecule is Cc1nn(-c2ccccc2Cl)c(Cl)c1C(=O)O. The topological polar surface area (TPSA) is 55.1 Å². The number of nitrogens with zero attached hydrogens (tertiary/aromatic N) is 2. The Hall–Kier alpha value is -1.52. The van der Waals surface area contributed by atoms with Gasteiger partial charge in [-0.15, -0.1) is 0 Å². The molecule has 0 aliphatic rings. The molecule has 17 heavy (non-hydrogen) atoms. The Labute approximate surface area is 107 Å². The summed E-state index contributed by atoms with van der Waals surface area (Å²) in [6.45, 7) is 1.59. The van der Waals surface area contributed by atoms with Gasteiger partial charge in [0.15, 0.2) is 0 Å². The number of aromatic carboxylic acids is 1. The van der Waals surface area contributed by atoms with Crippen LogP contribution >= 0.6 is 23.2 Å². The molecule has 88 valence electrons. The third-order valence-corrected chi connectivity index (χ3v) is 2.97. The maximum atomic E-state index is 11.0. The first kappa shape index (κ1) is 12.0. The molecule has 6 heteroatoms. The Morgan fingerprint density at radius 2 is 2.00 bits per heavy atom. The summed E-state index contributed by atoms with van der Waals surface area (Å²) in [5.41, 5.74) is 0.892. The monoisotopic (exact) mass is 270 g/mol. The fourth-order valence-electron chi connectivity index (χ4n) is 1.53. The minimum absolute atomic E-state index is 0.00779. The van der Waals surface area contributed by atoms with Gasteiger partial charge in [0.05, 0.1) is 16.4 Å². The van der Waals surface area contributed by atoms with Gasteiger partial charge in [0.25, 0.3) is 0 Å². The Balaban J connectivity index is 2.66. The maximum Gasteiger partial charge on any atom is 0.340 e. The van der Waals surface area contributed by atoms with Crippen LogP contribution in [0.15, 0.2) is 24.3 Å². The third kappa shape index (κ3) is 2.01. The number of carboxylic acid groups (broad SMARTS) is 1. The third-order valence-electron chi connectivity index (χ3n) is 2.30. The van der Waals surface area contributed by atoms with Crippen LogP contribution in [-0.2, 0) is 0 Å². The number of hydrogen-bond donors (Lipinski definition) is 1. The van der Waals surface area contributed by atoms with Gasteiger partial charge in [-0.1, -0.05) is 35.3 Å². The number of para-hydroxylation sites is 1. The average molecular weight is 271 g/mol. The quantitative estimate of drug-likeness (QED) is 0.912. The van der Waals surface area contributed by atoms with Crippen molar-refractivity contribution in [3.8, 4) is 5.69 Å². The van der Waals surface area contributed by atoms with Crippen molar-refractivity contribution in [2.24, 2.45) is 0 Å². The number of carbonyl (C=O) groups is 1. The number of aryl methyl sites for hydroxylation is 1. The number of hydrogen-bond acceptors (Lipinski definition) is 2. The standard InChI is InChI=1S/C11H8Cl2N2O2/c1-6-9(11(16)17)10(13)15(14-6)8-5-3-2-4-7(8)12/h2-5H,1H3,(H,16,17). The molecule has 0 spiro atoms. The van der Waals surface area contributed by atoms with Gasteiger partial charge in [0.1, 0.15) is 10.7 Å². The van der Waals surface area contributed by atoms with E-state index in [1.165, 1.54) is 4.68 Å². The van der Waals surface area contributed by atoms with E-state index in [4.69, 9.17) is 28.3 Å². The van der Waals surface area contributed by atoms with Gasteiger partial charge in [-0.2, -0.15) is 5.10 Å². The van der Waals surface area contributed by atoms with Gasteiger partial charge in [-0.05, 0) is 19.1 Å². The van der Waals surface area contributed by atoms with Crippen molar-refractivity contribution in [2.45, 2.75) is 6.92 Å². The van der Waals surface area contributed by atoms with Gasteiger partial charge >= 0.3 is 5.97 Å². The van der Waals surface area contributed by atoms with E-state index in [0.29, 0.717) is 16.4 Å². The molecule has 2 rings (SSSR count). The lowest BCUT2D eigenvalue weighted by Gasteiger charge is -2.04. The molecule has 0 unspecified atom stereocenters. The Morgan fingerprint density at radius 3 is 2.53 bits per heavy atom. The lowest BCUT2D eigenvalue weighted by atomic mass is 10.3. The Kier molecular flexibility index (Phi) is 3.09. The molecule has 1 aromatic heterocycles. The van der Waals surface area contributed by atoms with E-state index in [1.807, 2.05) is 0 Å². The van der Waals surface area contributed by atoms with E-state index >= 15 is 0 Å². The molecule has 0 aliphatic carbocycles. The van der Waals surface area contributed by atoms with Crippen molar-refractivity contribution in [2.75, 3.05) is 0 Å². The summed E-state index contributed by atoms with van der Waals surface area (Å²) in [6, 6.07) is 6.94. The van der Waals surface area contributed by atoms with Crippen molar-refractivity contribution < 1.29 is 9.90 Å². The van der Waals surface area contributed by atoms with Crippen LogP contribution in [0, 0.1) is 6.92 Å². The molecule has 1 heterocycles. The molecule has 0 aliphatic heterocycles. The molecule has 0 bridgehead atoms. The number of aromatic nitrogens is 2. The number of benzene rings is 1. The highest BCUT2D eigenvalue weighted by Crippen LogP contribution is 2.27. The highest BCUT2D eigenvalue weighted by molar-refractivity contribution is 6.34. The highest BCUT2D eigenvalue weighted by atomic mass is 35.5. The summed E-state index contributed by atoms with van der Waals surface area (Å²) >= 11 is 12.0. The zero-order chi connectivity index (χ0) is 12.6. The second-order valence-electron chi connectivity index (χ2n) is 3.42. The van der Waals surface area contributed by atoms with Crippen LogP contribution in [0.3, 0.4) is 0 Å². The normalized spacial score (nSPS) is 10.5. The van der Waals surface area contributed by atoms with Crippen molar-refractivity contribution in [1.82, 2.24) is 9.78 Å². The fraction of sp³-hybridized carbons (Fsp3) is 0.0909. The summed E-state index contributed by atoms with van der Waals surface area (Å²) in [6.07, 6.45) is 0. The summed E-state index contributed by atoms with van der Waals surface area (Å²) in [7, 11) is 0. The van der Waals surface area contributed by atoms with Gasteiger partial charge in [-0.3, -0.25) is 0 Å². The summed E-state index contributed by atoms with van der Waals surface area (Å²) in [5, 5.41) is 13.6. The van der Waals surface area contributed by atoms with E-state index in [1.54, 1.807) is 31.2 Å². The summed E-state index contributed by atoms with van der Waals surface area (Å²) < 4.78 is 1.32. The molecule has 1 aromatic carbocycles. The van der Waals surface area contributed by atoms with E-state index in [0.717, 1.165) is 0 Å². The van der Waals surface area contributed by atoms with Gasteiger partial charge in [0, 0.05) is 0 Å². The molecule has 0 fully saturated rings. The fourth-order valence-corrected chi connectivity index (χ4v) is 2.09. The first-order valence-electron chi connectivity index (χ1n) is 4.75. The van der Waals surface area contributed by atoms with Crippen molar-refractivity contribution >= 4 is 29.2 Å². The minimum atomic E-state index is -1.11. The smallest absolute Gasteiger partial charge is 0.340 e. The molecule has 0 saturated carbocycles. The van der Waals surface area contributed by atoms with Crippen LogP contribution < -0.4 is 0 Å². The van der Waals surface area contributed by atoms with E-state index in [2.05, 4.69) is 5.10 Å². The second-order valence-corrected chi connectivity index (χ2v) is 4.18. The number of halogens is 2. The predicted molar refractivity (Wildman–Crippen MR) is 65.3 cm³/mol. The second kappa shape index (κ2) is 4.39. The Morgan fingerprint density at radius 1 is 1.35 bits per heavy atom. The van der Waals surface area contributed by atoms with E-state index < -0.39 is 5.97 Å². The van der Waals surface area contributed by atoms with Crippen molar-refractivity contribution in [3.63, 3.8) is 0 Å². The summed E-state index contributed by atoms with van der Waals surface area (Å²) in [4.78, 5) is 11.0.